The summed E-state index contributed by atoms with van der Waals surface area (Å²) in [5.41, 5.74) is 5.14. The number of benzene rings is 3. The van der Waals surface area contributed by atoms with Gasteiger partial charge in [-0.1, -0.05) is 73.1 Å². The summed E-state index contributed by atoms with van der Waals surface area (Å²) in [6.45, 7) is 8.46. The smallest absolute Gasteiger partial charge is 0.251 e. The largest absolute Gasteiger partial charge is 0.348 e. The van der Waals surface area contributed by atoms with Crippen LogP contribution in [0.25, 0.3) is 0 Å². The van der Waals surface area contributed by atoms with Gasteiger partial charge < -0.3 is 10.2 Å². The Bertz CT molecular complexity index is 1250. The van der Waals surface area contributed by atoms with E-state index < -0.39 is 0 Å². The van der Waals surface area contributed by atoms with Gasteiger partial charge in [0.25, 0.3) is 5.91 Å². The molecule has 1 amide bonds. The molecule has 0 aliphatic rings. The average Bonchev–Trinajstić information content (AvgIpc) is 3.21. The van der Waals surface area contributed by atoms with Gasteiger partial charge in [0, 0.05) is 35.1 Å². The lowest BCUT2D eigenvalue weighted by Gasteiger charge is -2.26. The van der Waals surface area contributed by atoms with Crippen LogP contribution in [-0.4, -0.2) is 17.4 Å². The Balaban J connectivity index is 1.45. The highest BCUT2D eigenvalue weighted by atomic mass is 35.5. The van der Waals surface area contributed by atoms with Crippen LogP contribution in [0.2, 0.25) is 5.02 Å². The molecule has 3 aromatic carbocycles. The number of aryl methyl sites for hydroxylation is 2. The van der Waals surface area contributed by atoms with Gasteiger partial charge in [0.2, 0.25) is 0 Å². The number of hydrogen-bond acceptors (Lipinski definition) is 4. The van der Waals surface area contributed by atoms with Gasteiger partial charge in [0.05, 0.1) is 5.69 Å². The first-order valence-corrected chi connectivity index (χ1v) is 12.9. The van der Waals surface area contributed by atoms with Gasteiger partial charge in [0.1, 0.15) is 0 Å². The number of rotatable bonds is 9. The molecule has 180 valence electrons. The maximum atomic E-state index is 12.6. The Morgan fingerprint density at radius 1 is 1.00 bits per heavy atom. The maximum absolute atomic E-state index is 12.6. The number of anilines is 1. The molecule has 1 N–H and O–H groups in total. The highest BCUT2D eigenvalue weighted by Gasteiger charge is 2.17. The molecule has 0 saturated heterocycles. The van der Waals surface area contributed by atoms with Gasteiger partial charge in [0.15, 0.2) is 5.13 Å². The van der Waals surface area contributed by atoms with Crippen LogP contribution in [0.3, 0.4) is 0 Å². The highest BCUT2D eigenvalue weighted by Crippen LogP contribution is 2.29. The SMILES string of the molecule is Cc1nc(N(Cc2ccc(C(=O)NCc3cccc(Cl)c3)cc2)CC(C)c2ccccc2)sc1C. The summed E-state index contributed by atoms with van der Waals surface area (Å²) in [5, 5.41) is 4.66. The molecule has 4 rings (SSSR count). The third kappa shape index (κ3) is 6.71. The van der Waals surface area contributed by atoms with Crippen LogP contribution >= 0.6 is 22.9 Å². The molecule has 0 radical (unpaired) electrons. The first-order chi connectivity index (χ1) is 16.9. The van der Waals surface area contributed by atoms with Gasteiger partial charge in [-0.15, -0.1) is 11.3 Å². The Labute approximate surface area is 216 Å². The standard InChI is InChI=1S/C29H30ClN3OS/c1-20(25-9-5-4-6-10-25)18-33(29-32-21(2)22(3)35-29)19-23-12-14-26(15-13-23)28(34)31-17-24-8-7-11-27(30)16-24/h4-16,20H,17-19H2,1-3H3,(H,31,34). The number of carbonyl (C=O) groups is 1. The summed E-state index contributed by atoms with van der Waals surface area (Å²) < 4.78 is 0. The lowest BCUT2D eigenvalue weighted by Crippen LogP contribution is -2.27. The van der Waals surface area contributed by atoms with E-state index in [-0.39, 0.29) is 5.91 Å². The molecular formula is C29H30ClN3OS. The fourth-order valence-electron chi connectivity index (χ4n) is 3.93. The van der Waals surface area contributed by atoms with Crippen molar-refractivity contribution in [3.05, 3.63) is 117 Å². The second kappa shape index (κ2) is 11.5. The number of carbonyl (C=O) groups excluding carboxylic acids is 1. The van der Waals surface area contributed by atoms with Crippen molar-refractivity contribution in [1.29, 1.82) is 0 Å². The molecular weight excluding hydrogens is 474 g/mol. The second-order valence-electron chi connectivity index (χ2n) is 8.84. The molecule has 0 aliphatic carbocycles. The Kier molecular flexibility index (Phi) is 8.21. The summed E-state index contributed by atoms with van der Waals surface area (Å²) in [6, 6.07) is 25.9. The van der Waals surface area contributed by atoms with Crippen LogP contribution < -0.4 is 10.2 Å². The third-order valence-electron chi connectivity index (χ3n) is 6.08. The molecule has 1 heterocycles. The van der Waals surface area contributed by atoms with Crippen LogP contribution in [0.1, 0.15) is 50.5 Å². The summed E-state index contributed by atoms with van der Waals surface area (Å²) in [7, 11) is 0. The number of nitrogens with one attached hydrogen (secondary N) is 1. The van der Waals surface area contributed by atoms with Crippen molar-refractivity contribution in [3.63, 3.8) is 0 Å². The fraction of sp³-hybridized carbons (Fsp3) is 0.241. The number of nitrogens with zero attached hydrogens (tertiary/aromatic N) is 2. The highest BCUT2D eigenvalue weighted by molar-refractivity contribution is 7.15. The van der Waals surface area contributed by atoms with E-state index in [4.69, 9.17) is 16.6 Å². The van der Waals surface area contributed by atoms with Crippen LogP contribution in [0.4, 0.5) is 5.13 Å². The second-order valence-corrected chi connectivity index (χ2v) is 10.5. The number of hydrogen-bond donors (Lipinski definition) is 1. The van der Waals surface area contributed by atoms with Gasteiger partial charge in [-0.05, 0) is 60.7 Å². The molecule has 0 saturated carbocycles. The predicted octanol–water partition coefficient (Wildman–Crippen LogP) is 7.15. The quantitative estimate of drug-likeness (QED) is 0.263. The van der Waals surface area contributed by atoms with Crippen molar-refractivity contribution in [2.75, 3.05) is 11.4 Å². The van der Waals surface area contributed by atoms with Crippen molar-refractivity contribution in [2.24, 2.45) is 0 Å². The molecule has 0 aliphatic heterocycles. The van der Waals surface area contributed by atoms with Crippen molar-refractivity contribution < 1.29 is 4.79 Å². The molecule has 4 nitrogen and oxygen atoms in total. The summed E-state index contributed by atoms with van der Waals surface area (Å²) in [6.07, 6.45) is 0. The van der Waals surface area contributed by atoms with E-state index in [1.807, 2.05) is 54.6 Å². The number of thiazole rings is 1. The van der Waals surface area contributed by atoms with Crippen LogP contribution in [0.5, 0.6) is 0 Å². The summed E-state index contributed by atoms with van der Waals surface area (Å²) in [4.78, 5) is 21.1. The lowest BCUT2D eigenvalue weighted by molar-refractivity contribution is 0.0951. The lowest BCUT2D eigenvalue weighted by atomic mass is 10.0. The van der Waals surface area contributed by atoms with Gasteiger partial charge in [-0.25, -0.2) is 4.98 Å². The zero-order valence-electron chi connectivity index (χ0n) is 20.3. The average molecular weight is 504 g/mol. The minimum absolute atomic E-state index is 0.0998. The molecule has 35 heavy (non-hydrogen) atoms. The van der Waals surface area contributed by atoms with Crippen LogP contribution in [0, 0.1) is 13.8 Å². The van der Waals surface area contributed by atoms with Crippen LogP contribution in [-0.2, 0) is 13.1 Å². The van der Waals surface area contributed by atoms with E-state index >= 15 is 0 Å². The van der Waals surface area contributed by atoms with E-state index in [2.05, 4.69) is 55.3 Å². The van der Waals surface area contributed by atoms with Gasteiger partial charge >= 0.3 is 0 Å². The van der Waals surface area contributed by atoms with E-state index in [0.29, 0.717) is 23.0 Å². The molecule has 0 spiro atoms. The van der Waals surface area contributed by atoms with Crippen molar-refractivity contribution in [1.82, 2.24) is 10.3 Å². The minimum atomic E-state index is -0.0998. The molecule has 6 heteroatoms. The molecule has 0 fully saturated rings. The fourth-order valence-corrected chi connectivity index (χ4v) is 5.06. The number of aromatic nitrogens is 1. The Morgan fingerprint density at radius 2 is 1.74 bits per heavy atom. The maximum Gasteiger partial charge on any atom is 0.251 e. The van der Waals surface area contributed by atoms with Crippen molar-refractivity contribution in [2.45, 2.75) is 39.8 Å². The van der Waals surface area contributed by atoms with Crippen molar-refractivity contribution in [3.8, 4) is 0 Å². The number of amides is 1. The normalized spacial score (nSPS) is 11.8. The number of halogens is 1. The first-order valence-electron chi connectivity index (χ1n) is 11.7. The minimum Gasteiger partial charge on any atom is -0.348 e. The summed E-state index contributed by atoms with van der Waals surface area (Å²) >= 11 is 7.77. The van der Waals surface area contributed by atoms with E-state index in [1.54, 1.807) is 11.3 Å². The molecule has 0 bridgehead atoms. The predicted molar refractivity (Wildman–Crippen MR) is 147 cm³/mol. The first kappa shape index (κ1) is 25.0. The molecule has 1 atom stereocenters. The topological polar surface area (TPSA) is 45.2 Å². The van der Waals surface area contributed by atoms with E-state index in [9.17, 15) is 4.79 Å². The third-order valence-corrected chi connectivity index (χ3v) is 7.45. The molecule has 4 aromatic rings. The monoisotopic (exact) mass is 503 g/mol. The molecule has 1 aromatic heterocycles. The van der Waals surface area contributed by atoms with Gasteiger partial charge in [-0.2, -0.15) is 0 Å². The van der Waals surface area contributed by atoms with Crippen LogP contribution in [0.15, 0.2) is 78.9 Å². The van der Waals surface area contributed by atoms with E-state index in [1.165, 1.54) is 10.4 Å². The summed E-state index contributed by atoms with van der Waals surface area (Å²) in [5.74, 6) is 0.259. The Morgan fingerprint density at radius 3 is 2.40 bits per heavy atom. The molecule has 1 unspecified atom stereocenters. The zero-order chi connectivity index (χ0) is 24.8. The van der Waals surface area contributed by atoms with E-state index in [0.717, 1.165) is 35.0 Å². The van der Waals surface area contributed by atoms with Crippen molar-refractivity contribution >= 4 is 34.0 Å². The zero-order valence-corrected chi connectivity index (χ0v) is 21.9. The Hall–Kier alpha value is -3.15. The van der Waals surface area contributed by atoms with Gasteiger partial charge in [-0.3, -0.25) is 4.79 Å².